The highest BCUT2D eigenvalue weighted by molar-refractivity contribution is 6.00. The molecule has 0 amide bonds. The quantitative estimate of drug-likeness (QED) is 0.435. The fraction of sp³-hybridized carbons (Fsp3) is 0.500. The van der Waals surface area contributed by atoms with Gasteiger partial charge in [-0.15, -0.1) is 0 Å². The van der Waals surface area contributed by atoms with Gasteiger partial charge in [0.05, 0.1) is 18.1 Å². The Morgan fingerprint density at radius 1 is 1.30 bits per heavy atom. The standard InChI is InChI=1S/C14H17NO5/c1-3-19-12-8-10(13(16)9-5-6-9)7-11(15(17)18)14(12)20-4-2/h7-9H,3-6H2,1-2H3. The number of rotatable bonds is 7. The van der Waals surface area contributed by atoms with Crippen molar-refractivity contribution in [2.24, 2.45) is 5.92 Å². The minimum absolute atomic E-state index is 0.00187. The summed E-state index contributed by atoms with van der Waals surface area (Å²) in [5.41, 5.74) is 0.105. The van der Waals surface area contributed by atoms with Crippen LogP contribution in [-0.4, -0.2) is 23.9 Å². The van der Waals surface area contributed by atoms with E-state index in [1.54, 1.807) is 19.9 Å². The number of hydrogen-bond acceptors (Lipinski definition) is 5. The number of nitro benzene ring substituents is 1. The van der Waals surface area contributed by atoms with Gasteiger partial charge in [-0.3, -0.25) is 14.9 Å². The molecule has 0 saturated heterocycles. The molecule has 1 aliphatic carbocycles. The molecule has 0 spiro atoms. The summed E-state index contributed by atoms with van der Waals surface area (Å²) in [7, 11) is 0. The van der Waals surface area contributed by atoms with E-state index >= 15 is 0 Å². The van der Waals surface area contributed by atoms with Crippen molar-refractivity contribution >= 4 is 11.5 Å². The van der Waals surface area contributed by atoms with E-state index in [2.05, 4.69) is 0 Å². The molecule has 0 bridgehead atoms. The molecule has 0 radical (unpaired) electrons. The van der Waals surface area contributed by atoms with Crippen molar-refractivity contribution in [3.63, 3.8) is 0 Å². The molecule has 0 atom stereocenters. The number of nitro groups is 1. The third kappa shape index (κ3) is 2.89. The number of nitrogens with zero attached hydrogens (tertiary/aromatic N) is 1. The van der Waals surface area contributed by atoms with Gasteiger partial charge in [-0.1, -0.05) is 0 Å². The molecular weight excluding hydrogens is 262 g/mol. The highest BCUT2D eigenvalue weighted by Gasteiger charge is 2.33. The predicted molar refractivity (Wildman–Crippen MR) is 72.5 cm³/mol. The van der Waals surface area contributed by atoms with Gasteiger partial charge in [0, 0.05) is 17.5 Å². The SMILES string of the molecule is CCOc1cc(C(=O)C2CC2)cc([N+](=O)[O-])c1OCC. The second-order valence-corrected chi connectivity index (χ2v) is 4.58. The molecule has 1 fully saturated rings. The highest BCUT2D eigenvalue weighted by atomic mass is 16.6. The number of carbonyl (C=O) groups excluding carboxylic acids is 1. The second kappa shape index (κ2) is 5.90. The van der Waals surface area contributed by atoms with Gasteiger partial charge < -0.3 is 9.47 Å². The van der Waals surface area contributed by atoms with Crippen LogP contribution < -0.4 is 9.47 Å². The maximum absolute atomic E-state index is 12.1. The smallest absolute Gasteiger partial charge is 0.315 e. The molecule has 108 valence electrons. The van der Waals surface area contributed by atoms with Crippen LogP contribution in [0.15, 0.2) is 12.1 Å². The third-order valence-corrected chi connectivity index (χ3v) is 3.05. The Kier molecular flexibility index (Phi) is 4.22. The molecule has 0 unspecified atom stereocenters. The Morgan fingerprint density at radius 2 is 1.95 bits per heavy atom. The van der Waals surface area contributed by atoms with E-state index in [1.807, 2.05) is 0 Å². The lowest BCUT2D eigenvalue weighted by Gasteiger charge is -2.12. The Balaban J connectivity index is 2.49. The molecule has 1 aliphatic rings. The van der Waals surface area contributed by atoms with Gasteiger partial charge in [0.1, 0.15) is 0 Å². The van der Waals surface area contributed by atoms with Crippen molar-refractivity contribution in [1.82, 2.24) is 0 Å². The van der Waals surface area contributed by atoms with E-state index in [4.69, 9.17) is 9.47 Å². The maximum atomic E-state index is 12.1. The number of ketones is 1. The minimum atomic E-state index is -0.544. The summed E-state index contributed by atoms with van der Waals surface area (Å²) in [6.07, 6.45) is 1.70. The maximum Gasteiger partial charge on any atom is 0.315 e. The topological polar surface area (TPSA) is 78.7 Å². The van der Waals surface area contributed by atoms with Crippen molar-refractivity contribution in [2.75, 3.05) is 13.2 Å². The molecule has 0 aliphatic heterocycles. The number of Topliss-reactive ketones (excluding diaryl/α,β-unsaturated/α-hetero) is 1. The predicted octanol–water partition coefficient (Wildman–Crippen LogP) is 2.98. The summed E-state index contributed by atoms with van der Waals surface area (Å²) in [6.45, 7) is 4.15. The molecule has 1 aromatic carbocycles. The molecule has 1 saturated carbocycles. The van der Waals surface area contributed by atoms with E-state index in [1.165, 1.54) is 6.07 Å². The van der Waals surface area contributed by atoms with Crippen LogP contribution in [0.5, 0.6) is 11.5 Å². The van der Waals surface area contributed by atoms with E-state index in [9.17, 15) is 14.9 Å². The Morgan fingerprint density at radius 3 is 2.45 bits per heavy atom. The van der Waals surface area contributed by atoms with Crippen LogP contribution in [0.25, 0.3) is 0 Å². The average Bonchev–Trinajstić information content (AvgIpc) is 3.24. The average molecular weight is 279 g/mol. The van der Waals surface area contributed by atoms with E-state index in [0.29, 0.717) is 12.2 Å². The molecule has 20 heavy (non-hydrogen) atoms. The second-order valence-electron chi connectivity index (χ2n) is 4.58. The Bertz CT molecular complexity index is 537. The van der Waals surface area contributed by atoms with Crippen LogP contribution in [0.2, 0.25) is 0 Å². The van der Waals surface area contributed by atoms with Crippen molar-refractivity contribution in [3.8, 4) is 11.5 Å². The van der Waals surface area contributed by atoms with Crippen LogP contribution in [-0.2, 0) is 0 Å². The van der Waals surface area contributed by atoms with Gasteiger partial charge in [-0.25, -0.2) is 0 Å². The van der Waals surface area contributed by atoms with Gasteiger partial charge in [0.2, 0.25) is 5.75 Å². The van der Waals surface area contributed by atoms with Crippen molar-refractivity contribution < 1.29 is 19.2 Å². The summed E-state index contributed by atoms with van der Waals surface area (Å²) < 4.78 is 10.7. The van der Waals surface area contributed by atoms with Gasteiger partial charge in [0.15, 0.2) is 11.5 Å². The van der Waals surface area contributed by atoms with Crippen molar-refractivity contribution in [3.05, 3.63) is 27.8 Å². The number of hydrogen-bond donors (Lipinski definition) is 0. The zero-order valence-electron chi connectivity index (χ0n) is 11.5. The zero-order valence-corrected chi connectivity index (χ0v) is 11.5. The van der Waals surface area contributed by atoms with Gasteiger partial charge in [-0.05, 0) is 32.8 Å². The van der Waals surface area contributed by atoms with Gasteiger partial charge in [-0.2, -0.15) is 0 Å². The van der Waals surface area contributed by atoms with E-state index in [0.717, 1.165) is 12.8 Å². The lowest BCUT2D eigenvalue weighted by Crippen LogP contribution is -2.07. The van der Waals surface area contributed by atoms with Gasteiger partial charge >= 0.3 is 5.69 Å². The van der Waals surface area contributed by atoms with Crippen LogP contribution in [0.3, 0.4) is 0 Å². The first-order valence-corrected chi connectivity index (χ1v) is 6.70. The first-order chi connectivity index (χ1) is 9.58. The first-order valence-electron chi connectivity index (χ1n) is 6.70. The van der Waals surface area contributed by atoms with Crippen LogP contribution >= 0.6 is 0 Å². The summed E-state index contributed by atoms with van der Waals surface area (Å²) in [6, 6.07) is 2.83. The van der Waals surface area contributed by atoms with Crippen LogP contribution in [0.4, 0.5) is 5.69 Å². The zero-order chi connectivity index (χ0) is 14.7. The summed E-state index contributed by atoms with van der Waals surface area (Å²) >= 11 is 0. The summed E-state index contributed by atoms with van der Waals surface area (Å²) in [5.74, 6) is 0.290. The number of carbonyl (C=O) groups is 1. The molecule has 6 nitrogen and oxygen atoms in total. The highest BCUT2D eigenvalue weighted by Crippen LogP contribution is 2.41. The summed E-state index contributed by atoms with van der Waals surface area (Å²) in [5, 5.41) is 11.2. The molecule has 0 aromatic heterocycles. The fourth-order valence-electron chi connectivity index (χ4n) is 2.00. The third-order valence-electron chi connectivity index (χ3n) is 3.05. The van der Waals surface area contributed by atoms with E-state index < -0.39 is 4.92 Å². The van der Waals surface area contributed by atoms with Crippen LogP contribution in [0.1, 0.15) is 37.0 Å². The van der Waals surface area contributed by atoms with E-state index in [-0.39, 0.29) is 35.5 Å². The van der Waals surface area contributed by atoms with Crippen molar-refractivity contribution in [1.29, 1.82) is 0 Å². The molecule has 2 rings (SSSR count). The minimum Gasteiger partial charge on any atom is -0.490 e. The van der Waals surface area contributed by atoms with Crippen LogP contribution in [0, 0.1) is 16.0 Å². The summed E-state index contributed by atoms with van der Waals surface area (Å²) in [4.78, 5) is 22.7. The Labute approximate surface area is 116 Å². The lowest BCUT2D eigenvalue weighted by atomic mass is 10.1. The molecular formula is C14H17NO5. The number of benzene rings is 1. The first kappa shape index (κ1) is 14.3. The normalized spacial score (nSPS) is 13.9. The molecule has 0 heterocycles. The fourth-order valence-corrected chi connectivity index (χ4v) is 2.00. The monoisotopic (exact) mass is 279 g/mol. The molecule has 6 heteroatoms. The largest absolute Gasteiger partial charge is 0.490 e. The Hall–Kier alpha value is -2.11. The molecule has 0 N–H and O–H groups in total. The van der Waals surface area contributed by atoms with Gasteiger partial charge in [0.25, 0.3) is 0 Å². The molecule has 1 aromatic rings. The lowest BCUT2D eigenvalue weighted by molar-refractivity contribution is -0.386. The van der Waals surface area contributed by atoms with Crippen molar-refractivity contribution in [2.45, 2.75) is 26.7 Å². The number of ether oxygens (including phenoxy) is 2.